The Bertz CT molecular complexity index is 1350. The molecule has 7 atom stereocenters. The number of H-pyrrole nitrogens is 1. The van der Waals surface area contributed by atoms with Crippen LogP contribution >= 0.6 is 0 Å². The molecule has 0 unspecified atom stereocenters. The highest BCUT2D eigenvalue weighted by atomic mass is 16.3. The second kappa shape index (κ2) is 9.13. The molecule has 1 fully saturated rings. The van der Waals surface area contributed by atoms with E-state index in [1.807, 2.05) is 37.4 Å². The number of allylic oxidation sites excluding steroid dienone is 4. The number of hydrogen-bond acceptors (Lipinski definition) is 3. The van der Waals surface area contributed by atoms with Gasteiger partial charge in [0.05, 0.1) is 5.57 Å². The van der Waals surface area contributed by atoms with Crippen LogP contribution < -0.4 is 5.32 Å². The molecule has 3 aliphatic rings. The van der Waals surface area contributed by atoms with Gasteiger partial charge in [0.15, 0.2) is 11.5 Å². The van der Waals surface area contributed by atoms with E-state index in [1.165, 1.54) is 11.6 Å². The normalized spacial score (nSPS) is 36.1. The van der Waals surface area contributed by atoms with Gasteiger partial charge in [-0.2, -0.15) is 0 Å². The number of amides is 1. The Balaban J connectivity index is 1.54. The number of benzene rings is 1. The first-order valence-electron chi connectivity index (χ1n) is 13.7. The van der Waals surface area contributed by atoms with E-state index in [1.54, 1.807) is 0 Å². The number of fused-ring (bicyclic) bond motifs is 2. The fourth-order valence-electron chi connectivity index (χ4n) is 8.19. The zero-order valence-electron chi connectivity index (χ0n) is 22.9. The molecule has 2 heterocycles. The van der Waals surface area contributed by atoms with E-state index in [9.17, 15) is 14.7 Å². The number of nitrogens with one attached hydrogen (secondary N) is 2. The van der Waals surface area contributed by atoms with Gasteiger partial charge in [-0.25, -0.2) is 0 Å². The molecule has 3 N–H and O–H groups in total. The number of para-hydroxylation sites is 1. The number of ketones is 1. The van der Waals surface area contributed by atoms with Crippen LogP contribution in [-0.4, -0.2) is 27.5 Å². The van der Waals surface area contributed by atoms with Gasteiger partial charge in [0.25, 0.3) is 5.91 Å². The van der Waals surface area contributed by atoms with Gasteiger partial charge in [-0.1, -0.05) is 62.3 Å². The topological polar surface area (TPSA) is 82.2 Å². The van der Waals surface area contributed by atoms with Crippen molar-refractivity contribution in [2.75, 3.05) is 0 Å². The summed E-state index contributed by atoms with van der Waals surface area (Å²) in [5, 5.41) is 15.2. The molecule has 0 radical (unpaired) electrons. The van der Waals surface area contributed by atoms with Gasteiger partial charge in [0.1, 0.15) is 0 Å². The number of aromatic nitrogens is 1. The third kappa shape index (κ3) is 4.31. The molecule has 5 heteroatoms. The van der Waals surface area contributed by atoms with E-state index in [2.05, 4.69) is 57.1 Å². The summed E-state index contributed by atoms with van der Waals surface area (Å²) in [6.45, 7) is 13.1. The van der Waals surface area contributed by atoms with Crippen molar-refractivity contribution < 1.29 is 14.7 Å². The van der Waals surface area contributed by atoms with Crippen LogP contribution in [0, 0.1) is 35.0 Å². The molecule has 2 aromatic rings. The van der Waals surface area contributed by atoms with Crippen molar-refractivity contribution in [1.82, 2.24) is 10.3 Å². The van der Waals surface area contributed by atoms with Crippen molar-refractivity contribution in [3.8, 4) is 0 Å². The molecular formula is C32H40N2O3. The molecule has 0 saturated heterocycles. The Labute approximate surface area is 220 Å². The Morgan fingerprint density at radius 1 is 1.22 bits per heavy atom. The lowest BCUT2D eigenvalue weighted by Crippen LogP contribution is -2.51. The fraction of sp³-hybridized carbons (Fsp3) is 0.500. The number of hydrogen-bond donors (Lipinski definition) is 3. The van der Waals surface area contributed by atoms with Gasteiger partial charge in [0, 0.05) is 35.4 Å². The highest BCUT2D eigenvalue weighted by Crippen LogP contribution is 2.58. The van der Waals surface area contributed by atoms with E-state index >= 15 is 0 Å². The van der Waals surface area contributed by atoms with Gasteiger partial charge in [-0.3, -0.25) is 9.59 Å². The first kappa shape index (κ1) is 25.7. The third-order valence-corrected chi connectivity index (χ3v) is 9.34. The smallest absolute Gasteiger partial charge is 0.257 e. The molecule has 1 saturated carbocycles. The molecule has 1 aromatic carbocycles. The average molecular weight is 501 g/mol. The highest BCUT2D eigenvalue weighted by Gasteiger charge is 2.55. The quantitative estimate of drug-likeness (QED) is 0.355. The fourth-order valence-corrected chi connectivity index (χ4v) is 8.19. The molecule has 37 heavy (non-hydrogen) atoms. The Kier molecular flexibility index (Phi) is 6.34. The van der Waals surface area contributed by atoms with E-state index in [0.29, 0.717) is 11.8 Å². The predicted molar refractivity (Wildman–Crippen MR) is 148 cm³/mol. The van der Waals surface area contributed by atoms with Crippen LogP contribution in [0.3, 0.4) is 0 Å². The summed E-state index contributed by atoms with van der Waals surface area (Å²) in [5.74, 6) is 0.0954. The van der Waals surface area contributed by atoms with Crippen molar-refractivity contribution in [3.63, 3.8) is 0 Å². The van der Waals surface area contributed by atoms with Crippen LogP contribution in [0.1, 0.15) is 59.9 Å². The Morgan fingerprint density at radius 2 is 1.95 bits per heavy atom. The summed E-state index contributed by atoms with van der Waals surface area (Å²) in [4.78, 5) is 30.9. The minimum absolute atomic E-state index is 0.0394. The number of Topliss-reactive ketones (excluding diaryl/α,β-unsaturated/α-hetero) is 1. The maximum Gasteiger partial charge on any atom is 0.257 e. The van der Waals surface area contributed by atoms with Crippen molar-refractivity contribution >= 4 is 22.6 Å². The summed E-state index contributed by atoms with van der Waals surface area (Å²) in [6, 6.07) is 7.88. The van der Waals surface area contributed by atoms with Gasteiger partial charge in [-0.05, 0) is 74.5 Å². The standard InChI is InChI=1S/C32H40N2O3/c1-7-19(3)26-21(5)14-31(6)13-18(2)12-20(4)28(31)27(26)29(35)24-16-32(37,34-30(24)36)15-22-17-33-25-11-9-8-10-23(22)25/h7-11,14,16-18,20,26-28,33,37H,12-13,15H2,1-6H3,(H,34,36)/b19-7+/t18-,20+,26-,27-,28+,31+,32-/m1/s1. The molecule has 5 nitrogen and oxygen atoms in total. The number of carbonyl (C=O) groups is 2. The first-order valence-corrected chi connectivity index (χ1v) is 13.7. The molecule has 2 aliphatic carbocycles. The summed E-state index contributed by atoms with van der Waals surface area (Å²) in [6.07, 6.45) is 10.2. The lowest BCUT2D eigenvalue weighted by atomic mass is 9.49. The second-order valence-corrected chi connectivity index (χ2v) is 12.3. The number of aromatic amines is 1. The van der Waals surface area contributed by atoms with Crippen LogP contribution in [0.25, 0.3) is 10.9 Å². The predicted octanol–water partition coefficient (Wildman–Crippen LogP) is 5.87. The van der Waals surface area contributed by atoms with E-state index in [0.717, 1.165) is 34.9 Å². The van der Waals surface area contributed by atoms with Crippen molar-refractivity contribution in [2.24, 2.45) is 35.0 Å². The summed E-state index contributed by atoms with van der Waals surface area (Å²) >= 11 is 0. The highest BCUT2D eigenvalue weighted by molar-refractivity contribution is 6.22. The van der Waals surface area contributed by atoms with Crippen molar-refractivity contribution in [3.05, 3.63) is 71.0 Å². The Morgan fingerprint density at radius 3 is 2.68 bits per heavy atom. The van der Waals surface area contributed by atoms with Crippen LogP contribution in [-0.2, 0) is 16.0 Å². The zero-order chi connectivity index (χ0) is 26.7. The minimum Gasteiger partial charge on any atom is -0.367 e. The lowest BCUT2D eigenvalue weighted by molar-refractivity contribution is -0.130. The summed E-state index contributed by atoms with van der Waals surface area (Å²) in [7, 11) is 0. The maximum atomic E-state index is 14.4. The van der Waals surface area contributed by atoms with Crippen LogP contribution in [0.4, 0.5) is 0 Å². The van der Waals surface area contributed by atoms with Crippen LogP contribution in [0.2, 0.25) is 0 Å². The maximum absolute atomic E-state index is 14.4. The SMILES string of the molecule is C/C=C(\C)[C@@H]1C(C)=C[C@]2(C)C[C@H](C)C[C@H](C)[C@H]2[C@@H]1C(=O)C1=C[C@](O)(Cc2c[nH]c3ccccc23)NC1=O. The molecule has 5 rings (SSSR count). The van der Waals surface area contributed by atoms with Gasteiger partial charge < -0.3 is 15.4 Å². The Hall–Kier alpha value is -2.92. The largest absolute Gasteiger partial charge is 0.367 e. The monoisotopic (exact) mass is 500 g/mol. The molecular weight excluding hydrogens is 460 g/mol. The molecule has 0 bridgehead atoms. The molecule has 0 spiro atoms. The molecule has 1 aliphatic heterocycles. The van der Waals surface area contributed by atoms with E-state index in [4.69, 9.17) is 0 Å². The third-order valence-electron chi connectivity index (χ3n) is 9.34. The van der Waals surface area contributed by atoms with Crippen molar-refractivity contribution in [1.29, 1.82) is 0 Å². The van der Waals surface area contributed by atoms with E-state index < -0.39 is 11.6 Å². The van der Waals surface area contributed by atoms with Crippen LogP contribution in [0.5, 0.6) is 0 Å². The number of rotatable bonds is 5. The lowest BCUT2D eigenvalue weighted by Gasteiger charge is -2.54. The number of carbonyl (C=O) groups excluding carboxylic acids is 2. The number of aliphatic hydroxyl groups is 1. The zero-order valence-corrected chi connectivity index (χ0v) is 22.9. The van der Waals surface area contributed by atoms with Gasteiger partial charge in [-0.15, -0.1) is 0 Å². The second-order valence-electron chi connectivity index (χ2n) is 12.3. The van der Waals surface area contributed by atoms with Gasteiger partial charge in [0.2, 0.25) is 0 Å². The van der Waals surface area contributed by atoms with Gasteiger partial charge >= 0.3 is 0 Å². The van der Waals surface area contributed by atoms with E-state index in [-0.39, 0.29) is 40.9 Å². The summed E-state index contributed by atoms with van der Waals surface area (Å²) < 4.78 is 0. The summed E-state index contributed by atoms with van der Waals surface area (Å²) in [5.41, 5.74) is 2.64. The average Bonchev–Trinajstić information content (AvgIpc) is 3.36. The molecule has 1 amide bonds. The molecule has 1 aromatic heterocycles. The van der Waals surface area contributed by atoms with Crippen molar-refractivity contribution in [2.45, 2.75) is 66.5 Å². The van der Waals surface area contributed by atoms with Crippen LogP contribution in [0.15, 0.2) is 65.4 Å². The first-order chi connectivity index (χ1) is 17.5. The molecule has 196 valence electrons. The minimum atomic E-state index is -1.60.